The maximum atomic E-state index is 13.0. The van der Waals surface area contributed by atoms with E-state index in [1.807, 2.05) is 6.07 Å². The fourth-order valence-electron chi connectivity index (χ4n) is 3.90. The third-order valence-corrected chi connectivity index (χ3v) is 9.07. The van der Waals surface area contributed by atoms with Crippen LogP contribution in [0.25, 0.3) is 10.2 Å². The largest absolute Gasteiger partial charge is 0.497 e. The second-order valence-corrected chi connectivity index (χ2v) is 11.3. The van der Waals surface area contributed by atoms with Crippen LogP contribution in [0.15, 0.2) is 52.4 Å². The molecule has 1 aliphatic heterocycles. The van der Waals surface area contributed by atoms with Crippen LogP contribution in [-0.2, 0) is 30.9 Å². The van der Waals surface area contributed by atoms with Crippen LogP contribution in [0.3, 0.4) is 0 Å². The van der Waals surface area contributed by atoms with Gasteiger partial charge in [-0.3, -0.25) is 9.59 Å². The predicted molar refractivity (Wildman–Crippen MR) is 132 cm³/mol. The zero-order chi connectivity index (χ0) is 25.2. The molecule has 12 heteroatoms. The van der Waals surface area contributed by atoms with Gasteiger partial charge in [0.05, 0.1) is 29.3 Å². The molecule has 1 amide bonds. The van der Waals surface area contributed by atoms with Crippen molar-refractivity contribution in [3.63, 3.8) is 0 Å². The number of nitrogens with zero attached hydrogens (tertiary/aromatic N) is 3. The number of halogens is 1. The Balaban J connectivity index is 1.55. The number of piperidine rings is 1. The molecule has 0 saturated carbocycles. The fourth-order valence-corrected chi connectivity index (χ4v) is 6.56. The van der Waals surface area contributed by atoms with Crippen LogP contribution in [0.5, 0.6) is 5.75 Å². The zero-order valence-electron chi connectivity index (χ0n) is 19.1. The summed E-state index contributed by atoms with van der Waals surface area (Å²) < 4.78 is 39.7. The molecule has 186 valence electrons. The first-order valence-electron chi connectivity index (χ1n) is 10.8. The Morgan fingerprint density at radius 2 is 1.80 bits per heavy atom. The van der Waals surface area contributed by atoms with Crippen molar-refractivity contribution in [1.29, 1.82) is 0 Å². The van der Waals surface area contributed by atoms with E-state index in [1.54, 1.807) is 23.8 Å². The highest BCUT2D eigenvalue weighted by Crippen LogP contribution is 2.26. The predicted octanol–water partition coefficient (Wildman–Crippen LogP) is 3.07. The van der Waals surface area contributed by atoms with Crippen molar-refractivity contribution < 1.29 is 27.5 Å². The molecule has 0 spiro atoms. The van der Waals surface area contributed by atoms with E-state index in [9.17, 15) is 18.0 Å². The zero-order valence-corrected chi connectivity index (χ0v) is 21.5. The molecule has 2 aromatic carbocycles. The number of ether oxygens (including phenoxy) is 2. The molecule has 1 aromatic heterocycles. The molecule has 4 rings (SSSR count). The van der Waals surface area contributed by atoms with Gasteiger partial charge in [0.2, 0.25) is 10.0 Å². The lowest BCUT2D eigenvalue weighted by atomic mass is 9.98. The lowest BCUT2D eigenvalue weighted by Crippen LogP contribution is -2.40. The normalized spacial score (nSPS) is 15.9. The monoisotopic (exact) mass is 537 g/mol. The molecule has 1 saturated heterocycles. The van der Waals surface area contributed by atoms with Gasteiger partial charge in [0.25, 0.3) is 5.91 Å². The Morgan fingerprint density at radius 3 is 2.43 bits per heavy atom. The number of carbonyl (C=O) groups is 2. The summed E-state index contributed by atoms with van der Waals surface area (Å²) in [4.78, 5) is 29.9. The number of amides is 1. The van der Waals surface area contributed by atoms with Crippen molar-refractivity contribution in [2.24, 2.45) is 10.9 Å². The summed E-state index contributed by atoms with van der Waals surface area (Å²) in [5.41, 5.74) is 0.733. The second kappa shape index (κ2) is 10.5. The van der Waals surface area contributed by atoms with E-state index in [0.29, 0.717) is 28.4 Å². The molecule has 9 nitrogen and oxygen atoms in total. The molecular weight excluding hydrogens is 514 g/mol. The Hall–Kier alpha value is -2.73. The molecule has 1 aliphatic rings. The third-order valence-electron chi connectivity index (χ3n) is 5.87. The van der Waals surface area contributed by atoms with Crippen LogP contribution < -0.4 is 9.54 Å². The molecule has 0 radical (unpaired) electrons. The second-order valence-electron chi connectivity index (χ2n) is 7.96. The summed E-state index contributed by atoms with van der Waals surface area (Å²) in [6, 6.07) is 11.4. The van der Waals surface area contributed by atoms with Crippen molar-refractivity contribution >= 4 is 55.1 Å². The average molecular weight is 538 g/mol. The molecule has 1 fully saturated rings. The molecule has 2 heterocycles. The maximum absolute atomic E-state index is 13.0. The van der Waals surface area contributed by atoms with Crippen LogP contribution >= 0.6 is 22.9 Å². The third kappa shape index (κ3) is 5.43. The first-order chi connectivity index (χ1) is 16.7. The van der Waals surface area contributed by atoms with Gasteiger partial charge in [-0.2, -0.15) is 9.30 Å². The van der Waals surface area contributed by atoms with E-state index in [2.05, 4.69) is 4.99 Å². The molecule has 0 bridgehead atoms. The van der Waals surface area contributed by atoms with Crippen molar-refractivity contribution in [3.8, 4) is 5.75 Å². The minimum Gasteiger partial charge on any atom is -0.497 e. The topological polar surface area (TPSA) is 107 Å². The van der Waals surface area contributed by atoms with Crippen molar-refractivity contribution in [1.82, 2.24) is 8.87 Å². The van der Waals surface area contributed by atoms with Gasteiger partial charge in [-0.1, -0.05) is 22.9 Å². The number of carbonyl (C=O) groups excluding carboxylic acids is 2. The number of benzene rings is 2. The summed E-state index contributed by atoms with van der Waals surface area (Å²) in [6.07, 6.45) is 0.704. The number of aromatic nitrogens is 1. The standard InChI is InChI=1S/C23H24ClN3O6S2/c1-32-17-5-8-19-20(13-17)34-23(27(19)14-21(28)33-2)25-22(29)15-9-11-26(12-10-15)35(30,31)18-6-3-16(24)4-7-18/h3-8,13,15H,9-12,14H2,1-2H3. The van der Waals surface area contributed by atoms with Gasteiger partial charge < -0.3 is 14.0 Å². The fraction of sp³-hybridized carbons (Fsp3) is 0.348. The highest BCUT2D eigenvalue weighted by atomic mass is 35.5. The Bertz CT molecular complexity index is 1420. The van der Waals surface area contributed by atoms with Gasteiger partial charge in [-0.05, 0) is 55.3 Å². The van der Waals surface area contributed by atoms with E-state index < -0.39 is 21.9 Å². The van der Waals surface area contributed by atoms with Crippen molar-refractivity contribution in [2.45, 2.75) is 24.3 Å². The first-order valence-corrected chi connectivity index (χ1v) is 13.4. The summed E-state index contributed by atoms with van der Waals surface area (Å²) in [7, 11) is -0.805. The average Bonchev–Trinajstić information content (AvgIpc) is 3.19. The number of rotatable bonds is 6. The summed E-state index contributed by atoms with van der Waals surface area (Å²) in [5, 5.41) is 0.457. The van der Waals surface area contributed by atoms with Gasteiger partial charge in [0.15, 0.2) is 4.80 Å². The molecule has 0 N–H and O–H groups in total. The van der Waals surface area contributed by atoms with E-state index in [-0.39, 0.29) is 30.4 Å². The van der Waals surface area contributed by atoms with Crippen LogP contribution in [-0.4, -0.2) is 56.5 Å². The number of hydrogen-bond acceptors (Lipinski definition) is 7. The van der Waals surface area contributed by atoms with Crippen LogP contribution in [0.4, 0.5) is 0 Å². The smallest absolute Gasteiger partial charge is 0.325 e. The lowest BCUT2D eigenvalue weighted by molar-refractivity contribution is -0.141. The van der Waals surface area contributed by atoms with Crippen molar-refractivity contribution in [2.75, 3.05) is 27.3 Å². The van der Waals surface area contributed by atoms with Gasteiger partial charge in [0.1, 0.15) is 12.3 Å². The highest BCUT2D eigenvalue weighted by molar-refractivity contribution is 7.89. The minimum atomic E-state index is -3.67. The SMILES string of the molecule is COC(=O)Cn1c(=NC(=O)C2CCN(S(=O)(=O)c3ccc(Cl)cc3)CC2)sc2cc(OC)ccc21. The summed E-state index contributed by atoms with van der Waals surface area (Å²) >= 11 is 7.14. The highest BCUT2D eigenvalue weighted by Gasteiger charge is 2.32. The van der Waals surface area contributed by atoms with Gasteiger partial charge in [0, 0.05) is 24.0 Å². The number of esters is 1. The maximum Gasteiger partial charge on any atom is 0.325 e. The number of fused-ring (bicyclic) bond motifs is 1. The Morgan fingerprint density at radius 1 is 1.11 bits per heavy atom. The number of methoxy groups -OCH3 is 2. The van der Waals surface area contributed by atoms with Gasteiger partial charge in [-0.15, -0.1) is 0 Å². The molecule has 0 atom stereocenters. The number of thiazole rings is 1. The Labute approximate surface area is 211 Å². The van der Waals surface area contributed by atoms with E-state index in [4.69, 9.17) is 21.1 Å². The lowest BCUT2D eigenvalue weighted by Gasteiger charge is -2.29. The van der Waals surface area contributed by atoms with Crippen LogP contribution in [0, 0.1) is 5.92 Å². The van der Waals surface area contributed by atoms with E-state index in [1.165, 1.54) is 47.0 Å². The number of sulfonamides is 1. The quantitative estimate of drug-likeness (QED) is 0.447. The molecule has 35 heavy (non-hydrogen) atoms. The molecule has 0 unspecified atom stereocenters. The van der Waals surface area contributed by atoms with E-state index >= 15 is 0 Å². The van der Waals surface area contributed by atoms with Gasteiger partial charge >= 0.3 is 5.97 Å². The molecule has 3 aromatic rings. The molecule has 0 aliphatic carbocycles. The Kier molecular flexibility index (Phi) is 7.60. The van der Waals surface area contributed by atoms with Crippen LogP contribution in [0.2, 0.25) is 5.02 Å². The van der Waals surface area contributed by atoms with Crippen molar-refractivity contribution in [3.05, 3.63) is 52.3 Å². The molecular formula is C23H24ClN3O6S2. The minimum absolute atomic E-state index is 0.0906. The van der Waals surface area contributed by atoms with Crippen LogP contribution in [0.1, 0.15) is 12.8 Å². The van der Waals surface area contributed by atoms with Gasteiger partial charge in [-0.25, -0.2) is 8.42 Å². The summed E-state index contributed by atoms with van der Waals surface area (Å²) in [5.74, 6) is -0.574. The summed E-state index contributed by atoms with van der Waals surface area (Å²) in [6.45, 7) is 0.331. The number of hydrogen-bond donors (Lipinski definition) is 0. The first kappa shape index (κ1) is 25.4. The van der Waals surface area contributed by atoms with E-state index in [0.717, 1.165) is 10.2 Å².